The van der Waals surface area contributed by atoms with Gasteiger partial charge in [-0.05, 0) is 101 Å². The lowest BCUT2D eigenvalue weighted by atomic mass is 10.1. The topological polar surface area (TPSA) is 147 Å². The number of ether oxygens (including phenoxy) is 1. The molecule has 2 aliphatic rings. The third-order valence-electron chi connectivity index (χ3n) is 9.92. The van der Waals surface area contributed by atoms with Crippen LogP contribution in [0.2, 0.25) is 5.02 Å². The number of unbranched alkanes of at least 4 members (excludes halogenated alkanes) is 1. The molecule has 2 N–H and O–H groups in total. The molecule has 4 aromatic rings. The van der Waals surface area contributed by atoms with Crippen LogP contribution in [-0.2, 0) is 24.8 Å². The van der Waals surface area contributed by atoms with E-state index in [0.717, 1.165) is 38.7 Å². The Bertz CT molecular complexity index is 2440. The number of halogens is 1. The van der Waals surface area contributed by atoms with Crippen LogP contribution in [0.5, 0.6) is 5.75 Å². The largest absolute Gasteiger partial charge is 0.493 e. The number of amides is 1. The number of benzene rings is 4. The van der Waals surface area contributed by atoms with Crippen molar-refractivity contribution in [2.45, 2.75) is 58.5 Å². The molecule has 0 spiro atoms. The first-order valence-corrected chi connectivity index (χ1v) is 21.8. The highest BCUT2D eigenvalue weighted by atomic mass is 35.5. The molecular formula is C40H46ClN6O6S2+. The summed E-state index contributed by atoms with van der Waals surface area (Å²) in [6.07, 6.45) is 1.78. The van der Waals surface area contributed by atoms with Gasteiger partial charge in [-0.25, -0.2) is 31.1 Å². The lowest BCUT2D eigenvalue weighted by Gasteiger charge is -2.30. The number of nitrogens with one attached hydrogen (secondary N) is 2. The average molecular weight is 806 g/mol. The number of amidine groups is 1. The van der Waals surface area contributed by atoms with Crippen molar-refractivity contribution in [2.75, 3.05) is 37.8 Å². The maximum atomic E-state index is 14.4. The highest BCUT2D eigenvalue weighted by molar-refractivity contribution is 7.90. The van der Waals surface area contributed by atoms with Crippen LogP contribution in [0, 0.1) is 27.7 Å². The monoisotopic (exact) mass is 805 g/mol. The molecule has 4 aromatic carbocycles. The lowest BCUT2D eigenvalue weighted by Crippen LogP contribution is -2.47. The second kappa shape index (κ2) is 15.9. The Hall–Kier alpha value is -4.60. The predicted octanol–water partition coefficient (Wildman–Crippen LogP) is 7.09. The van der Waals surface area contributed by atoms with E-state index >= 15 is 0 Å². The molecule has 2 unspecified atom stereocenters. The Morgan fingerprint density at radius 1 is 0.982 bits per heavy atom. The summed E-state index contributed by atoms with van der Waals surface area (Å²) in [7, 11) is -7.59. The molecule has 12 nitrogen and oxygen atoms in total. The summed E-state index contributed by atoms with van der Waals surface area (Å²) >= 11 is 6.31. The number of hydrogen-bond acceptors (Lipinski definition) is 8. The summed E-state index contributed by atoms with van der Waals surface area (Å²) < 4.78 is 63.1. The fourth-order valence-electron chi connectivity index (χ4n) is 6.81. The van der Waals surface area contributed by atoms with E-state index in [1.807, 2.05) is 65.0 Å². The normalized spacial score (nSPS) is 19.0. The summed E-state index contributed by atoms with van der Waals surface area (Å²) in [5.74, 6) is -0.0236. The van der Waals surface area contributed by atoms with Gasteiger partial charge in [-0.15, -0.1) is 0 Å². The number of para-hydroxylation sites is 1. The average Bonchev–Trinajstić information content (AvgIpc) is 3.82. The van der Waals surface area contributed by atoms with Crippen molar-refractivity contribution in [1.29, 1.82) is 0 Å². The van der Waals surface area contributed by atoms with E-state index < -0.39 is 26.0 Å². The maximum absolute atomic E-state index is 14.4. The maximum Gasteiger partial charge on any atom is 0.278 e. The van der Waals surface area contributed by atoms with Crippen molar-refractivity contribution in [3.05, 3.63) is 106 Å². The van der Waals surface area contributed by atoms with Gasteiger partial charge >= 0.3 is 0 Å². The third kappa shape index (κ3) is 8.79. The molecule has 0 saturated carbocycles. The Morgan fingerprint density at radius 2 is 1.75 bits per heavy atom. The molecular weight excluding hydrogens is 760 g/mol. The Morgan fingerprint density at radius 3 is 2.45 bits per heavy atom. The zero-order chi connectivity index (χ0) is 39.7. The highest BCUT2D eigenvalue weighted by Gasteiger charge is 2.57. The molecule has 2 atom stereocenters. The van der Waals surface area contributed by atoms with Gasteiger partial charge in [-0.2, -0.15) is 4.72 Å². The van der Waals surface area contributed by atoms with E-state index in [-0.39, 0.29) is 34.8 Å². The second-order valence-corrected chi connectivity index (χ2v) is 18.1. The first kappa shape index (κ1) is 40.1. The number of carbonyl (C=O) groups is 1. The van der Waals surface area contributed by atoms with Crippen LogP contribution in [0.4, 0.5) is 22.7 Å². The molecule has 6 rings (SSSR count). The third-order valence-corrected chi connectivity index (χ3v) is 12.7. The number of rotatable bonds is 14. The van der Waals surface area contributed by atoms with Crippen LogP contribution in [0.1, 0.15) is 42.0 Å². The molecule has 0 aromatic heterocycles. The molecule has 290 valence electrons. The van der Waals surface area contributed by atoms with E-state index in [1.165, 1.54) is 6.07 Å². The van der Waals surface area contributed by atoms with Crippen molar-refractivity contribution < 1.29 is 26.4 Å². The fourth-order valence-corrected chi connectivity index (χ4v) is 9.34. The molecule has 2 aliphatic heterocycles. The van der Waals surface area contributed by atoms with Gasteiger partial charge < -0.3 is 10.1 Å². The van der Waals surface area contributed by atoms with Gasteiger partial charge in [0.25, 0.3) is 15.9 Å². The van der Waals surface area contributed by atoms with Gasteiger partial charge in [0.05, 0.1) is 30.8 Å². The number of sulfonamides is 2. The van der Waals surface area contributed by atoms with Crippen molar-refractivity contribution in [3.8, 4) is 5.75 Å². The predicted molar refractivity (Wildman–Crippen MR) is 220 cm³/mol. The number of aryl methyl sites for hydroxylation is 4. The van der Waals surface area contributed by atoms with E-state index in [2.05, 4.69) is 10.0 Å². The molecule has 0 radical (unpaired) electrons. The first-order valence-electron chi connectivity index (χ1n) is 18.0. The van der Waals surface area contributed by atoms with Crippen molar-refractivity contribution in [3.63, 3.8) is 0 Å². The number of hydrogen-bond donors (Lipinski definition) is 2. The van der Waals surface area contributed by atoms with E-state index in [9.17, 15) is 21.6 Å². The fraction of sp³-hybridized carbons (Fsp3) is 0.325. The SMILES string of the molecule is CC[N+]1(c2ccc(N=C(C(=O)Nc3cc(Cl)ccc3C)C3=Nc4ccccc4S(=O)(=O)N3CCCCOc3ccc(C)cc3C)c(C)c2)CC1NS(C)(=O)=O. The number of anilines is 1. The lowest BCUT2D eigenvalue weighted by molar-refractivity contribution is -0.110. The van der Waals surface area contributed by atoms with Gasteiger partial charge in [-0.1, -0.05) is 47.5 Å². The molecule has 0 aliphatic carbocycles. The number of carbonyl (C=O) groups excluding carboxylic acids is 1. The number of nitrogens with zero attached hydrogens (tertiary/aromatic N) is 4. The van der Waals surface area contributed by atoms with Gasteiger partial charge in [0.2, 0.25) is 16.2 Å². The molecule has 2 heterocycles. The standard InChI is InChI=1S/C40H45ClN6O6S2/c1-7-47(25-37(47)45-54(6,49)50)31-17-18-32(28(4)23-31)42-38(40(48)44-34-24-30(41)16-15-27(34)3)39-43-33-12-8-9-13-36(33)55(51,52)46(39)20-10-11-21-53-35-19-14-26(2)22-29(35)5/h8-9,12-19,22-24,37,45H,7,10-11,20-21,25H2,1-6H3/p+1. The van der Waals surface area contributed by atoms with Gasteiger partial charge in [0, 0.05) is 29.4 Å². The molecule has 1 saturated heterocycles. The van der Waals surface area contributed by atoms with Crippen molar-refractivity contribution >= 4 is 71.9 Å². The van der Waals surface area contributed by atoms with Crippen LogP contribution in [0.25, 0.3) is 0 Å². The quantitative estimate of drug-likeness (QED) is 0.0602. The van der Waals surface area contributed by atoms with Gasteiger partial charge in [0.1, 0.15) is 16.3 Å². The minimum absolute atomic E-state index is 0.0113. The Labute approximate surface area is 328 Å². The zero-order valence-electron chi connectivity index (χ0n) is 31.8. The van der Waals surface area contributed by atoms with Crippen molar-refractivity contribution in [2.24, 2.45) is 9.98 Å². The van der Waals surface area contributed by atoms with Crippen LogP contribution in [-0.4, -0.2) is 77.3 Å². The van der Waals surface area contributed by atoms with Crippen LogP contribution in [0.15, 0.2) is 93.7 Å². The molecule has 15 heteroatoms. The van der Waals surface area contributed by atoms with Crippen LogP contribution in [0.3, 0.4) is 0 Å². The van der Waals surface area contributed by atoms with Crippen LogP contribution >= 0.6 is 11.6 Å². The number of quaternary nitrogens is 1. The van der Waals surface area contributed by atoms with Crippen molar-refractivity contribution in [1.82, 2.24) is 13.5 Å². The van der Waals surface area contributed by atoms with Gasteiger partial charge in [-0.3, -0.25) is 9.28 Å². The number of aliphatic imine (C=N–C) groups is 2. The summed E-state index contributed by atoms with van der Waals surface area (Å²) in [5, 5.41) is 3.31. The first-order chi connectivity index (χ1) is 26.0. The molecule has 1 fully saturated rings. The van der Waals surface area contributed by atoms with E-state index in [4.69, 9.17) is 26.3 Å². The molecule has 0 bridgehead atoms. The number of fused-ring (bicyclic) bond motifs is 1. The summed E-state index contributed by atoms with van der Waals surface area (Å²) in [6, 6.07) is 23.0. The summed E-state index contributed by atoms with van der Waals surface area (Å²) in [6.45, 7) is 11.3. The zero-order valence-corrected chi connectivity index (χ0v) is 34.1. The van der Waals surface area contributed by atoms with Gasteiger partial charge in [0.15, 0.2) is 18.1 Å². The number of likely N-dealkylation sites (N-methyl/N-ethyl adjacent to an activating group) is 1. The van der Waals surface area contributed by atoms with E-state index in [1.54, 1.807) is 42.5 Å². The second-order valence-electron chi connectivity index (χ2n) is 14.1. The minimum atomic E-state index is -4.17. The molecule has 1 amide bonds. The Balaban J connectivity index is 1.38. The minimum Gasteiger partial charge on any atom is -0.493 e. The summed E-state index contributed by atoms with van der Waals surface area (Å²) in [5.41, 5.74) is 5.32. The highest BCUT2D eigenvalue weighted by Crippen LogP contribution is 2.40. The van der Waals surface area contributed by atoms with E-state index in [0.29, 0.717) is 59.0 Å². The summed E-state index contributed by atoms with van der Waals surface area (Å²) in [4.78, 5) is 24.1. The Kier molecular flexibility index (Phi) is 11.6. The van der Waals surface area contributed by atoms with Crippen LogP contribution < -0.4 is 19.3 Å². The molecule has 55 heavy (non-hydrogen) atoms. The smallest absolute Gasteiger partial charge is 0.278 e.